The third-order valence-electron chi connectivity index (χ3n) is 7.35. The minimum absolute atomic E-state index is 0.0218. The van der Waals surface area contributed by atoms with Gasteiger partial charge in [0.1, 0.15) is 11.8 Å². The second-order valence-corrected chi connectivity index (χ2v) is 10.7. The highest BCUT2D eigenvalue weighted by Gasteiger charge is 2.70. The molecular formula is C20H18N2O6S2. The predicted octanol–water partition coefficient (Wildman–Crippen LogP) is 1.98. The number of carbonyl (C=O) groups is 3. The topological polar surface area (TPSA) is 121 Å². The number of rotatable bonds is 3. The Balaban J connectivity index is 1.45. The van der Waals surface area contributed by atoms with E-state index in [1.54, 1.807) is 18.0 Å². The van der Waals surface area contributed by atoms with E-state index in [-0.39, 0.29) is 45.6 Å². The molecule has 4 heterocycles. The molecule has 4 aliphatic rings. The average Bonchev–Trinajstić information content (AvgIpc) is 3.48. The number of furan rings is 1. The van der Waals surface area contributed by atoms with Crippen LogP contribution in [0.1, 0.15) is 29.9 Å². The lowest BCUT2D eigenvalue weighted by Gasteiger charge is -2.42. The Morgan fingerprint density at radius 2 is 2.00 bits per heavy atom. The number of H-pyrrole nitrogens is 1. The molecule has 0 aromatic carbocycles. The van der Waals surface area contributed by atoms with Crippen molar-refractivity contribution in [3.05, 3.63) is 38.7 Å². The van der Waals surface area contributed by atoms with Gasteiger partial charge in [0.2, 0.25) is 11.8 Å². The summed E-state index contributed by atoms with van der Waals surface area (Å²) in [6, 6.07) is 2.55. The van der Waals surface area contributed by atoms with Crippen LogP contribution in [0.25, 0.3) is 0 Å². The van der Waals surface area contributed by atoms with Crippen LogP contribution >= 0.6 is 23.1 Å². The first-order valence-electron chi connectivity index (χ1n) is 9.91. The van der Waals surface area contributed by atoms with Crippen LogP contribution in [-0.2, 0) is 14.4 Å². The second-order valence-electron chi connectivity index (χ2n) is 8.54. The van der Waals surface area contributed by atoms with Gasteiger partial charge in [-0.05, 0) is 43.2 Å². The van der Waals surface area contributed by atoms with Crippen molar-refractivity contribution < 1.29 is 23.9 Å². The summed E-state index contributed by atoms with van der Waals surface area (Å²) in [6.45, 7) is 1.39. The Morgan fingerprint density at radius 1 is 1.27 bits per heavy atom. The number of aliphatic carboxylic acids is 1. The van der Waals surface area contributed by atoms with Crippen molar-refractivity contribution in [2.24, 2.45) is 29.6 Å². The highest BCUT2D eigenvalue weighted by atomic mass is 32.2. The number of carboxylic acid groups (broad SMARTS) is 1. The Hall–Kier alpha value is -2.33. The maximum Gasteiger partial charge on any atom is 0.326 e. The average molecular weight is 447 g/mol. The molecule has 2 bridgehead atoms. The predicted molar refractivity (Wildman–Crippen MR) is 106 cm³/mol. The largest absolute Gasteiger partial charge is 0.480 e. The zero-order valence-electron chi connectivity index (χ0n) is 15.8. The lowest BCUT2D eigenvalue weighted by atomic mass is 9.69. The normalized spacial score (nSPS) is 37.2. The zero-order chi connectivity index (χ0) is 20.9. The Bertz CT molecular complexity index is 1140. The molecule has 2 aromatic heterocycles. The van der Waals surface area contributed by atoms with Gasteiger partial charge in [-0.2, -0.15) is 0 Å². The molecule has 30 heavy (non-hydrogen) atoms. The van der Waals surface area contributed by atoms with E-state index >= 15 is 0 Å². The SMILES string of the molecule is C[C@@H](C(=O)O)N1C(=O)[C@@H]2[C@@H]3C[C@H]([C@H]4Sc5[nH]c(=O)sc5[C@H](c5ccco5)[C@H]34)[C@@H]2C1=O. The van der Waals surface area contributed by atoms with Crippen LogP contribution in [-0.4, -0.2) is 44.1 Å². The highest BCUT2D eigenvalue weighted by Crippen LogP contribution is 2.68. The van der Waals surface area contributed by atoms with Crippen molar-refractivity contribution in [1.29, 1.82) is 0 Å². The van der Waals surface area contributed by atoms with Gasteiger partial charge in [-0.15, -0.1) is 11.8 Å². The molecule has 0 radical (unpaired) electrons. The Morgan fingerprint density at radius 3 is 2.67 bits per heavy atom. The van der Waals surface area contributed by atoms with Gasteiger partial charge < -0.3 is 14.5 Å². The lowest BCUT2D eigenvalue weighted by Crippen LogP contribution is -2.44. The van der Waals surface area contributed by atoms with Crippen molar-refractivity contribution in [3.8, 4) is 0 Å². The maximum absolute atomic E-state index is 13.2. The summed E-state index contributed by atoms with van der Waals surface area (Å²) in [4.78, 5) is 54.6. The number of carboxylic acids is 1. The van der Waals surface area contributed by atoms with Crippen molar-refractivity contribution in [3.63, 3.8) is 0 Å². The number of thiazole rings is 1. The number of amides is 2. The first-order chi connectivity index (χ1) is 14.4. The molecular weight excluding hydrogens is 428 g/mol. The molecule has 156 valence electrons. The minimum Gasteiger partial charge on any atom is -0.480 e. The van der Waals surface area contributed by atoms with Gasteiger partial charge in [-0.1, -0.05) is 11.3 Å². The molecule has 2 aromatic rings. The molecule has 3 fully saturated rings. The molecule has 2 amide bonds. The standard InChI is InChI=1S/C20H18N2O6S2/c1-6(19(25)26)22-17(23)11-7-5-8(12(11)18(22)24)14-10(7)13(9-3-2-4-28-9)15-16(29-14)21-20(27)30-15/h2-4,6-8,10-14H,5H2,1H3,(H,21,27)(H,25,26)/t6-,7+,8-,10-,11+,12-,13+,14+/m0/s1. The first kappa shape index (κ1) is 18.4. The summed E-state index contributed by atoms with van der Waals surface area (Å²) in [6.07, 6.45) is 2.37. The third kappa shape index (κ3) is 2.18. The number of aromatic nitrogens is 1. The number of hydrogen-bond donors (Lipinski definition) is 2. The molecule has 10 heteroatoms. The molecule has 1 saturated heterocycles. The molecule has 2 saturated carbocycles. The van der Waals surface area contributed by atoms with Crippen LogP contribution in [0.5, 0.6) is 0 Å². The fourth-order valence-electron chi connectivity index (χ4n) is 6.32. The smallest absolute Gasteiger partial charge is 0.326 e. The summed E-state index contributed by atoms with van der Waals surface area (Å²) in [7, 11) is 0. The van der Waals surface area contributed by atoms with Crippen LogP contribution in [0.4, 0.5) is 0 Å². The van der Waals surface area contributed by atoms with E-state index in [4.69, 9.17) is 4.42 Å². The van der Waals surface area contributed by atoms with Crippen LogP contribution in [0.15, 0.2) is 32.6 Å². The van der Waals surface area contributed by atoms with Crippen molar-refractivity contribution in [1.82, 2.24) is 9.88 Å². The van der Waals surface area contributed by atoms with Crippen molar-refractivity contribution >= 4 is 40.9 Å². The fourth-order valence-corrected chi connectivity index (χ4v) is 9.19. The second kappa shape index (κ2) is 6.10. The molecule has 2 aliphatic heterocycles. The van der Waals surface area contributed by atoms with Gasteiger partial charge in [-0.25, -0.2) is 4.79 Å². The third-order valence-corrected chi connectivity index (χ3v) is 9.94. The van der Waals surface area contributed by atoms with Gasteiger partial charge >= 0.3 is 10.8 Å². The van der Waals surface area contributed by atoms with E-state index in [9.17, 15) is 24.3 Å². The molecule has 2 N–H and O–H groups in total. The first-order valence-corrected chi connectivity index (χ1v) is 11.6. The number of likely N-dealkylation sites (tertiary alicyclic amines) is 1. The summed E-state index contributed by atoms with van der Waals surface area (Å²) in [5, 5.41) is 10.3. The van der Waals surface area contributed by atoms with E-state index in [0.717, 1.165) is 27.0 Å². The molecule has 6 rings (SSSR count). The van der Waals surface area contributed by atoms with Gasteiger partial charge in [0.05, 0.1) is 33.9 Å². The van der Waals surface area contributed by atoms with E-state index in [2.05, 4.69) is 4.98 Å². The van der Waals surface area contributed by atoms with Crippen LogP contribution in [0.3, 0.4) is 0 Å². The number of imide groups is 1. The minimum atomic E-state index is -1.18. The number of fused-ring (bicyclic) bond motifs is 9. The highest BCUT2D eigenvalue weighted by molar-refractivity contribution is 8.00. The van der Waals surface area contributed by atoms with Gasteiger partial charge in [-0.3, -0.25) is 19.3 Å². The van der Waals surface area contributed by atoms with E-state index in [1.807, 2.05) is 12.1 Å². The van der Waals surface area contributed by atoms with Crippen LogP contribution in [0, 0.1) is 29.6 Å². The van der Waals surface area contributed by atoms with Gasteiger partial charge in [0.25, 0.3) is 0 Å². The maximum atomic E-state index is 13.2. The van der Waals surface area contributed by atoms with Crippen molar-refractivity contribution in [2.75, 3.05) is 0 Å². The quantitative estimate of drug-likeness (QED) is 0.692. The van der Waals surface area contributed by atoms with Gasteiger partial charge in [0, 0.05) is 5.25 Å². The van der Waals surface area contributed by atoms with Gasteiger partial charge in [0.15, 0.2) is 0 Å². The summed E-state index contributed by atoms with van der Waals surface area (Å²) in [5.74, 6) is -2.23. The van der Waals surface area contributed by atoms with E-state index < -0.39 is 23.8 Å². The number of thioether (sulfide) groups is 1. The monoisotopic (exact) mass is 446 g/mol. The number of nitrogens with zero attached hydrogens (tertiary/aromatic N) is 1. The van der Waals surface area contributed by atoms with Crippen LogP contribution < -0.4 is 4.87 Å². The lowest BCUT2D eigenvalue weighted by molar-refractivity contribution is -0.154. The van der Waals surface area contributed by atoms with E-state index in [0.29, 0.717) is 0 Å². The van der Waals surface area contributed by atoms with Crippen molar-refractivity contribution in [2.45, 2.75) is 35.6 Å². The molecule has 0 spiro atoms. The molecule has 0 unspecified atom stereocenters. The Kier molecular flexibility index (Phi) is 3.75. The number of carbonyl (C=O) groups excluding carboxylic acids is 2. The number of nitrogens with one attached hydrogen (secondary N) is 1. The Labute approximate surface area is 178 Å². The zero-order valence-corrected chi connectivity index (χ0v) is 17.4. The summed E-state index contributed by atoms with van der Waals surface area (Å²) in [5.41, 5.74) is 0. The molecule has 8 atom stereocenters. The number of hydrogen-bond acceptors (Lipinski definition) is 7. The summed E-state index contributed by atoms with van der Waals surface area (Å²) >= 11 is 2.77. The molecule has 2 aliphatic carbocycles. The fraction of sp³-hybridized carbons (Fsp3) is 0.500. The number of aromatic amines is 1. The molecule has 8 nitrogen and oxygen atoms in total. The van der Waals surface area contributed by atoms with Crippen LogP contribution in [0.2, 0.25) is 0 Å². The summed E-state index contributed by atoms with van der Waals surface area (Å²) < 4.78 is 5.75. The van der Waals surface area contributed by atoms with E-state index in [1.165, 1.54) is 18.3 Å².